The number of aromatic hydroxyl groups is 1. The van der Waals surface area contributed by atoms with Gasteiger partial charge in [0.25, 0.3) is 0 Å². The maximum absolute atomic E-state index is 14.3. The molecule has 3 aliphatic rings. The van der Waals surface area contributed by atoms with Crippen molar-refractivity contribution >= 4 is 34.7 Å². The van der Waals surface area contributed by atoms with E-state index in [1.807, 2.05) is 25.1 Å². The minimum absolute atomic E-state index is 0.0297. The molecule has 0 spiro atoms. The van der Waals surface area contributed by atoms with Crippen LogP contribution in [0.3, 0.4) is 0 Å². The highest BCUT2D eigenvalue weighted by Crippen LogP contribution is 2.52. The summed E-state index contributed by atoms with van der Waals surface area (Å²) < 4.78 is 0. The first-order valence-electron chi connectivity index (χ1n) is 16.3. The Hall–Kier alpha value is -3.15. The molecular weight excluding hydrogens is 576 g/mol. The van der Waals surface area contributed by atoms with Gasteiger partial charge in [0, 0.05) is 37.8 Å². The fourth-order valence-electron chi connectivity index (χ4n) is 7.91. The van der Waals surface area contributed by atoms with E-state index in [-0.39, 0.29) is 24.2 Å². The molecule has 1 aromatic rings. The molecule has 1 aromatic carbocycles. The number of phenolic OH excluding ortho intramolecular Hbond substituents is 1. The van der Waals surface area contributed by atoms with E-state index >= 15 is 0 Å². The Labute approximate surface area is 266 Å². The first-order chi connectivity index (χ1) is 21.2. The number of anilines is 1. The minimum Gasteiger partial charge on any atom is -0.507 e. The van der Waals surface area contributed by atoms with Crippen molar-refractivity contribution in [2.24, 2.45) is 29.4 Å². The van der Waals surface area contributed by atoms with Gasteiger partial charge in [-0.3, -0.25) is 33.8 Å². The molecule has 0 radical (unpaired) electrons. The Bertz CT molecular complexity index is 1350. The molecule has 0 heterocycles. The molecule has 2 saturated carbocycles. The summed E-state index contributed by atoms with van der Waals surface area (Å²) in [4.78, 5) is 73.3. The molecule has 4 N–H and O–H groups in total. The first-order valence-corrected chi connectivity index (χ1v) is 16.3. The van der Waals surface area contributed by atoms with E-state index in [1.54, 1.807) is 14.1 Å². The largest absolute Gasteiger partial charge is 0.507 e. The van der Waals surface area contributed by atoms with Crippen LogP contribution in [0.5, 0.6) is 5.75 Å². The zero-order valence-corrected chi connectivity index (χ0v) is 27.6. The van der Waals surface area contributed by atoms with E-state index < -0.39 is 64.4 Å². The van der Waals surface area contributed by atoms with Crippen molar-refractivity contribution in [3.8, 4) is 5.75 Å². The second kappa shape index (κ2) is 13.7. The summed E-state index contributed by atoms with van der Waals surface area (Å²) in [6, 6.07) is 0.797. The second-order valence-electron chi connectivity index (χ2n) is 13.6. The maximum Gasteiger partial charge on any atom is 0.235 e. The highest BCUT2D eigenvalue weighted by molar-refractivity contribution is 6.32. The molecule has 6 atom stereocenters. The summed E-state index contributed by atoms with van der Waals surface area (Å²) in [6.45, 7) is 6.44. The number of amides is 1. The Morgan fingerprint density at radius 1 is 0.978 bits per heavy atom. The number of nitrogens with two attached hydrogens (primary N) is 1. The number of likely N-dealkylation sites (N-methyl/N-ethyl adjacent to an activating group) is 1. The van der Waals surface area contributed by atoms with Gasteiger partial charge in [-0.25, -0.2) is 0 Å². The van der Waals surface area contributed by atoms with Gasteiger partial charge < -0.3 is 20.8 Å². The third kappa shape index (κ3) is 6.06. The van der Waals surface area contributed by atoms with E-state index in [0.29, 0.717) is 17.7 Å². The normalized spacial score (nSPS) is 27.9. The number of nitrogens with zero attached hydrogens (tertiary/aromatic N) is 3. The summed E-state index contributed by atoms with van der Waals surface area (Å²) in [5.74, 6) is -10.3. The number of carbonyl (C=O) groups excluding carboxylic acids is 5. The lowest BCUT2D eigenvalue weighted by atomic mass is 9.52. The van der Waals surface area contributed by atoms with E-state index in [9.17, 15) is 34.2 Å². The molecule has 4 rings (SSSR count). The molecule has 3 aliphatic carbocycles. The van der Waals surface area contributed by atoms with Crippen LogP contribution >= 0.6 is 0 Å². The zero-order valence-electron chi connectivity index (χ0n) is 27.6. The Morgan fingerprint density at radius 2 is 1.58 bits per heavy atom. The molecule has 0 aliphatic heterocycles. The number of unbranched alkanes of at least 4 members (excludes halogenated alkanes) is 4. The van der Waals surface area contributed by atoms with Crippen LogP contribution in [0.2, 0.25) is 0 Å². The van der Waals surface area contributed by atoms with Crippen LogP contribution in [-0.4, -0.2) is 102 Å². The first kappa shape index (κ1) is 34.7. The van der Waals surface area contributed by atoms with Gasteiger partial charge in [0.2, 0.25) is 5.91 Å². The van der Waals surface area contributed by atoms with Crippen molar-refractivity contribution in [2.75, 3.05) is 46.2 Å². The molecule has 2 fully saturated rings. The Kier molecular flexibility index (Phi) is 10.6. The van der Waals surface area contributed by atoms with Crippen LogP contribution in [0.15, 0.2) is 6.07 Å². The summed E-state index contributed by atoms with van der Waals surface area (Å²) in [7, 11) is 6.88. The lowest BCUT2D eigenvalue weighted by Gasteiger charge is -2.52. The molecule has 11 heteroatoms. The number of carbonyl (C=O) groups is 5. The number of ketones is 4. The minimum atomic E-state index is -2.73. The molecule has 45 heavy (non-hydrogen) atoms. The maximum atomic E-state index is 14.3. The van der Waals surface area contributed by atoms with Crippen LogP contribution < -0.4 is 10.6 Å². The zero-order chi connectivity index (χ0) is 33.4. The SMILES string of the molecule is CCCCCN(CCCCC)Cc1cc(N(C)C)c2c(c1O)C(=O)C1C(=O)[C@]3(O)C(=O)C(C(N)=O)C(=O)[C@@H](N(C)C)C3CC1C2. The van der Waals surface area contributed by atoms with Crippen molar-refractivity contribution in [1.29, 1.82) is 0 Å². The van der Waals surface area contributed by atoms with Crippen molar-refractivity contribution in [3.63, 3.8) is 0 Å². The van der Waals surface area contributed by atoms with Gasteiger partial charge in [-0.15, -0.1) is 0 Å². The fraction of sp³-hybridized carbons (Fsp3) is 0.676. The topological polar surface area (TPSA) is 162 Å². The van der Waals surface area contributed by atoms with Gasteiger partial charge in [0.15, 0.2) is 34.7 Å². The summed E-state index contributed by atoms with van der Waals surface area (Å²) in [6.07, 6.45) is 6.65. The summed E-state index contributed by atoms with van der Waals surface area (Å²) in [5, 5.41) is 23.5. The van der Waals surface area contributed by atoms with E-state index in [4.69, 9.17) is 5.73 Å². The van der Waals surface area contributed by atoms with Crippen LogP contribution in [0.25, 0.3) is 0 Å². The van der Waals surface area contributed by atoms with Gasteiger partial charge in [0.05, 0.1) is 17.5 Å². The highest BCUT2D eigenvalue weighted by Gasteiger charge is 2.69. The van der Waals surface area contributed by atoms with Gasteiger partial charge in [-0.05, 0) is 70.4 Å². The number of primary amides is 1. The smallest absolute Gasteiger partial charge is 0.235 e. The molecule has 0 bridgehead atoms. The average Bonchev–Trinajstić information content (AvgIpc) is 2.95. The van der Waals surface area contributed by atoms with Crippen LogP contribution in [-0.2, 0) is 32.1 Å². The van der Waals surface area contributed by atoms with Crippen molar-refractivity contribution < 1.29 is 34.2 Å². The predicted molar refractivity (Wildman–Crippen MR) is 170 cm³/mol. The molecular formula is C34H50N4O7. The molecule has 4 unspecified atom stereocenters. The lowest BCUT2D eigenvalue weighted by Crippen LogP contribution is -2.74. The number of fused-ring (bicyclic) bond motifs is 3. The number of hydrogen-bond acceptors (Lipinski definition) is 10. The average molecular weight is 627 g/mol. The highest BCUT2D eigenvalue weighted by atomic mass is 16.3. The molecule has 248 valence electrons. The lowest BCUT2D eigenvalue weighted by molar-refractivity contribution is -0.181. The van der Waals surface area contributed by atoms with Crippen molar-refractivity contribution in [2.45, 2.75) is 83.4 Å². The van der Waals surface area contributed by atoms with Gasteiger partial charge in [-0.2, -0.15) is 0 Å². The summed E-state index contributed by atoms with van der Waals surface area (Å²) >= 11 is 0. The fourth-order valence-corrected chi connectivity index (χ4v) is 7.91. The molecule has 0 saturated heterocycles. The number of aliphatic hydroxyl groups is 1. The summed E-state index contributed by atoms with van der Waals surface area (Å²) in [5.41, 5.74) is 4.69. The predicted octanol–water partition coefficient (Wildman–Crippen LogP) is 2.12. The van der Waals surface area contributed by atoms with Crippen molar-refractivity contribution in [3.05, 3.63) is 22.8 Å². The number of hydrogen-bond donors (Lipinski definition) is 3. The third-order valence-corrected chi connectivity index (χ3v) is 10.1. The second-order valence-corrected chi connectivity index (χ2v) is 13.6. The number of benzene rings is 1. The molecule has 1 amide bonds. The molecule has 11 nitrogen and oxygen atoms in total. The van der Waals surface area contributed by atoms with E-state index in [2.05, 4.69) is 18.7 Å². The number of rotatable bonds is 13. The standard InChI is InChI=1S/C34H50N4O7/c1-7-9-11-13-38(14-12-10-8-2)18-20-17-23(36(3)4)21-15-19-16-22-27(37(5)6)30(41)26(33(35)44)32(43)34(22,45)31(42)24(19)29(40)25(21)28(20)39/h17,19,22,24,26-27,39,45H,7-16,18H2,1-6H3,(H2,35,44)/t19?,22?,24?,26?,27-,34-/m0/s1. The van der Waals surface area contributed by atoms with E-state index in [1.165, 1.54) is 4.90 Å². The van der Waals surface area contributed by atoms with Crippen LogP contribution in [0.4, 0.5) is 5.69 Å². The Balaban J connectivity index is 1.79. The Morgan fingerprint density at radius 3 is 2.09 bits per heavy atom. The van der Waals surface area contributed by atoms with Crippen molar-refractivity contribution in [1.82, 2.24) is 9.80 Å². The van der Waals surface area contributed by atoms with Crippen LogP contribution in [0, 0.1) is 23.7 Å². The van der Waals surface area contributed by atoms with E-state index in [0.717, 1.165) is 57.3 Å². The number of Topliss-reactive ketones (excluding diaryl/α,β-unsaturated/α-hetero) is 4. The van der Waals surface area contributed by atoms with Gasteiger partial charge in [-0.1, -0.05) is 39.5 Å². The molecule has 0 aromatic heterocycles. The quantitative estimate of drug-likeness (QED) is 0.218. The third-order valence-electron chi connectivity index (χ3n) is 10.1. The van der Waals surface area contributed by atoms with Gasteiger partial charge >= 0.3 is 0 Å². The monoisotopic (exact) mass is 626 g/mol. The number of phenols is 1. The van der Waals surface area contributed by atoms with Crippen LogP contribution in [0.1, 0.15) is 80.3 Å². The van der Waals surface area contributed by atoms with Gasteiger partial charge in [0.1, 0.15) is 5.75 Å².